The van der Waals surface area contributed by atoms with Gasteiger partial charge in [-0.25, -0.2) is 0 Å². The Morgan fingerprint density at radius 1 is 1.37 bits per heavy atom. The molecule has 0 fully saturated rings. The van der Waals surface area contributed by atoms with Crippen molar-refractivity contribution in [3.63, 3.8) is 0 Å². The quantitative estimate of drug-likeness (QED) is 0.888. The van der Waals surface area contributed by atoms with E-state index in [4.69, 9.17) is 5.73 Å². The molecule has 4 heteroatoms. The number of amides is 1. The van der Waals surface area contributed by atoms with E-state index in [9.17, 15) is 4.79 Å². The summed E-state index contributed by atoms with van der Waals surface area (Å²) in [7, 11) is 0. The van der Waals surface area contributed by atoms with E-state index < -0.39 is 0 Å². The minimum Gasteiger partial charge on any atom is -0.327 e. The predicted molar refractivity (Wildman–Crippen MR) is 78.9 cm³/mol. The summed E-state index contributed by atoms with van der Waals surface area (Å²) in [5.41, 5.74) is 7.10. The summed E-state index contributed by atoms with van der Waals surface area (Å²) in [6, 6.07) is 3.59. The van der Waals surface area contributed by atoms with Crippen molar-refractivity contribution in [3.05, 3.63) is 24.5 Å². The highest BCUT2D eigenvalue weighted by Gasteiger charge is 2.21. The van der Waals surface area contributed by atoms with Crippen molar-refractivity contribution in [2.45, 2.75) is 46.6 Å². The monoisotopic (exact) mass is 263 g/mol. The Bertz CT molecular complexity index is 398. The maximum atomic E-state index is 12.3. The molecule has 1 rings (SSSR count). The molecule has 0 aliphatic carbocycles. The van der Waals surface area contributed by atoms with Crippen molar-refractivity contribution in [1.82, 2.24) is 4.98 Å². The van der Waals surface area contributed by atoms with Gasteiger partial charge in [-0.05, 0) is 30.9 Å². The van der Waals surface area contributed by atoms with Crippen LogP contribution in [0.4, 0.5) is 5.69 Å². The van der Waals surface area contributed by atoms with Crippen molar-refractivity contribution >= 4 is 11.6 Å². The van der Waals surface area contributed by atoms with E-state index in [1.807, 2.05) is 19.1 Å². The topological polar surface area (TPSA) is 59.2 Å². The van der Waals surface area contributed by atoms with Gasteiger partial charge < -0.3 is 10.6 Å². The van der Waals surface area contributed by atoms with E-state index in [1.165, 1.54) is 0 Å². The van der Waals surface area contributed by atoms with Gasteiger partial charge in [0.1, 0.15) is 0 Å². The predicted octanol–water partition coefficient (Wildman–Crippen LogP) is 2.59. The number of anilines is 1. The fourth-order valence-electron chi connectivity index (χ4n) is 2.22. The molecule has 4 nitrogen and oxygen atoms in total. The van der Waals surface area contributed by atoms with Crippen LogP contribution >= 0.6 is 0 Å². The van der Waals surface area contributed by atoms with Gasteiger partial charge in [0.15, 0.2) is 0 Å². The summed E-state index contributed by atoms with van der Waals surface area (Å²) >= 11 is 0. The number of aromatic nitrogens is 1. The van der Waals surface area contributed by atoms with Crippen LogP contribution in [-0.4, -0.2) is 23.5 Å². The number of carbonyl (C=O) groups excluding carboxylic acids is 1. The normalized spacial score (nSPS) is 13.1. The lowest BCUT2D eigenvalue weighted by atomic mass is 9.87. The zero-order valence-electron chi connectivity index (χ0n) is 12.4. The maximum Gasteiger partial charge on any atom is 0.228 e. The van der Waals surface area contributed by atoms with Gasteiger partial charge in [-0.2, -0.15) is 0 Å². The number of rotatable bonds is 5. The second-order valence-corrected chi connectivity index (χ2v) is 6.07. The number of nitrogens with two attached hydrogens (primary N) is 1. The van der Waals surface area contributed by atoms with Crippen LogP contribution in [-0.2, 0) is 4.79 Å². The highest BCUT2D eigenvalue weighted by atomic mass is 16.2. The molecule has 0 bridgehead atoms. The molecule has 1 unspecified atom stereocenters. The van der Waals surface area contributed by atoms with Gasteiger partial charge in [-0.3, -0.25) is 9.78 Å². The Hall–Kier alpha value is -1.42. The number of carbonyl (C=O) groups is 1. The van der Waals surface area contributed by atoms with E-state index in [-0.39, 0.29) is 17.4 Å². The first-order chi connectivity index (χ1) is 8.83. The van der Waals surface area contributed by atoms with Crippen LogP contribution in [0, 0.1) is 5.41 Å². The van der Waals surface area contributed by atoms with Crippen molar-refractivity contribution in [2.75, 3.05) is 11.4 Å². The molecule has 0 saturated carbocycles. The summed E-state index contributed by atoms with van der Waals surface area (Å²) < 4.78 is 0. The fraction of sp³-hybridized carbons (Fsp3) is 0.600. The number of nitrogens with zero attached hydrogens (tertiary/aromatic N) is 2. The van der Waals surface area contributed by atoms with Gasteiger partial charge in [0.25, 0.3) is 0 Å². The molecule has 1 atom stereocenters. The van der Waals surface area contributed by atoms with Crippen LogP contribution in [0.5, 0.6) is 0 Å². The molecule has 1 amide bonds. The average molecular weight is 263 g/mol. The molecular formula is C15H25N3O. The third-order valence-electron chi connectivity index (χ3n) is 2.90. The highest BCUT2D eigenvalue weighted by Crippen LogP contribution is 2.22. The van der Waals surface area contributed by atoms with Crippen molar-refractivity contribution in [3.8, 4) is 0 Å². The zero-order valence-corrected chi connectivity index (χ0v) is 12.4. The molecule has 0 aliphatic rings. The molecule has 1 aromatic heterocycles. The third-order valence-corrected chi connectivity index (χ3v) is 2.90. The van der Waals surface area contributed by atoms with E-state index >= 15 is 0 Å². The Kier molecular flexibility index (Phi) is 5.48. The lowest BCUT2D eigenvalue weighted by Crippen LogP contribution is -2.37. The third kappa shape index (κ3) is 5.39. The van der Waals surface area contributed by atoms with Crippen LogP contribution in [0.2, 0.25) is 0 Å². The van der Waals surface area contributed by atoms with Crippen LogP contribution in [0.3, 0.4) is 0 Å². The first-order valence-electron chi connectivity index (χ1n) is 6.79. The van der Waals surface area contributed by atoms with Gasteiger partial charge in [0.05, 0.1) is 0 Å². The van der Waals surface area contributed by atoms with E-state index in [1.54, 1.807) is 17.3 Å². The summed E-state index contributed by atoms with van der Waals surface area (Å²) in [5, 5.41) is 0. The molecule has 0 saturated heterocycles. The molecule has 106 valence electrons. The summed E-state index contributed by atoms with van der Waals surface area (Å²) in [5.74, 6) is 0.0745. The Morgan fingerprint density at radius 3 is 2.42 bits per heavy atom. The van der Waals surface area contributed by atoms with Crippen molar-refractivity contribution in [2.24, 2.45) is 11.1 Å². The first kappa shape index (κ1) is 15.6. The second-order valence-electron chi connectivity index (χ2n) is 6.07. The lowest BCUT2D eigenvalue weighted by Gasteiger charge is -2.26. The van der Waals surface area contributed by atoms with E-state index in [0.29, 0.717) is 13.0 Å². The maximum absolute atomic E-state index is 12.3. The van der Waals surface area contributed by atoms with Gasteiger partial charge in [0, 0.05) is 37.1 Å². The molecule has 0 spiro atoms. The van der Waals surface area contributed by atoms with Crippen molar-refractivity contribution in [1.29, 1.82) is 0 Å². The molecular weight excluding hydrogens is 238 g/mol. The van der Waals surface area contributed by atoms with E-state index in [0.717, 1.165) is 12.1 Å². The molecule has 19 heavy (non-hydrogen) atoms. The standard InChI is InChI=1S/C15H25N3O/c1-5-18(13-6-8-17-9-7-13)14(19)10-12(16)11-15(2,3)4/h6-9,12H,5,10-11,16H2,1-4H3. The average Bonchev–Trinajstić information content (AvgIpc) is 2.28. The number of pyridine rings is 1. The van der Waals surface area contributed by atoms with Crippen LogP contribution in [0.25, 0.3) is 0 Å². The SMILES string of the molecule is CCN(C(=O)CC(N)CC(C)(C)C)c1ccncc1. The molecule has 0 aliphatic heterocycles. The summed E-state index contributed by atoms with van der Waals surface area (Å²) in [4.78, 5) is 18.0. The Morgan fingerprint density at radius 2 is 1.95 bits per heavy atom. The lowest BCUT2D eigenvalue weighted by molar-refractivity contribution is -0.119. The van der Waals surface area contributed by atoms with Crippen molar-refractivity contribution < 1.29 is 4.79 Å². The van der Waals surface area contributed by atoms with Gasteiger partial charge in [0.2, 0.25) is 5.91 Å². The van der Waals surface area contributed by atoms with Crippen LogP contribution in [0.1, 0.15) is 40.5 Å². The second kappa shape index (κ2) is 6.66. The summed E-state index contributed by atoms with van der Waals surface area (Å²) in [6.07, 6.45) is 4.61. The molecule has 2 N–H and O–H groups in total. The zero-order chi connectivity index (χ0) is 14.5. The van der Waals surface area contributed by atoms with Gasteiger partial charge in [-0.1, -0.05) is 20.8 Å². The van der Waals surface area contributed by atoms with Crippen LogP contribution < -0.4 is 10.6 Å². The Labute approximate surface area is 116 Å². The molecule has 0 radical (unpaired) electrons. The molecule has 1 aromatic rings. The summed E-state index contributed by atoms with van der Waals surface area (Å²) in [6.45, 7) is 9.02. The molecule has 1 heterocycles. The first-order valence-corrected chi connectivity index (χ1v) is 6.79. The minimum absolute atomic E-state index is 0.0745. The largest absolute Gasteiger partial charge is 0.327 e. The molecule has 0 aromatic carbocycles. The van der Waals surface area contributed by atoms with Gasteiger partial charge >= 0.3 is 0 Å². The smallest absolute Gasteiger partial charge is 0.228 e. The highest BCUT2D eigenvalue weighted by molar-refractivity contribution is 5.93. The Balaban J connectivity index is 2.65. The number of hydrogen-bond acceptors (Lipinski definition) is 3. The van der Waals surface area contributed by atoms with Gasteiger partial charge in [-0.15, -0.1) is 0 Å². The fourth-order valence-corrected chi connectivity index (χ4v) is 2.22. The van der Waals surface area contributed by atoms with Crippen LogP contribution in [0.15, 0.2) is 24.5 Å². The minimum atomic E-state index is -0.0941. The van der Waals surface area contributed by atoms with E-state index in [2.05, 4.69) is 25.8 Å². The number of hydrogen-bond donors (Lipinski definition) is 1.